The van der Waals surface area contributed by atoms with Gasteiger partial charge in [-0.15, -0.1) is 10.1 Å². The molecule has 2 heterocycles. The van der Waals surface area contributed by atoms with Crippen LogP contribution in [0.5, 0.6) is 5.75 Å². The van der Waals surface area contributed by atoms with Crippen LogP contribution in [0.3, 0.4) is 0 Å². The summed E-state index contributed by atoms with van der Waals surface area (Å²) >= 11 is 5.98. The Morgan fingerprint density at radius 2 is 1.97 bits per heavy atom. The first-order chi connectivity index (χ1) is 14.9. The first-order valence-electron chi connectivity index (χ1n) is 10.3. The lowest BCUT2D eigenvalue weighted by atomic mass is 9.85. The predicted molar refractivity (Wildman–Crippen MR) is 111 cm³/mol. The van der Waals surface area contributed by atoms with Gasteiger partial charge in [-0.25, -0.2) is 4.79 Å². The minimum atomic E-state index is -1.25. The molecule has 0 N–H and O–H groups in total. The molecule has 1 aliphatic carbocycles. The lowest BCUT2D eigenvalue weighted by Gasteiger charge is -2.27. The van der Waals surface area contributed by atoms with Crippen LogP contribution >= 0.6 is 11.6 Å². The van der Waals surface area contributed by atoms with Crippen LogP contribution < -0.4 is 4.74 Å². The number of pyridine rings is 1. The Bertz CT molecular complexity index is 975. The van der Waals surface area contributed by atoms with Crippen molar-refractivity contribution in [2.45, 2.75) is 57.8 Å². The van der Waals surface area contributed by atoms with E-state index in [0.29, 0.717) is 29.1 Å². The smallest absolute Gasteiger partial charge is 0.341 e. The summed E-state index contributed by atoms with van der Waals surface area (Å²) in [5, 5.41) is 10.7. The van der Waals surface area contributed by atoms with E-state index in [4.69, 9.17) is 25.9 Å². The van der Waals surface area contributed by atoms with Gasteiger partial charge in [-0.05, 0) is 43.4 Å². The van der Waals surface area contributed by atoms with Gasteiger partial charge in [0.2, 0.25) is 6.10 Å². The molecule has 8 nitrogen and oxygen atoms in total. The molecule has 2 aliphatic rings. The highest BCUT2D eigenvalue weighted by atomic mass is 35.5. The molecule has 164 valence electrons. The lowest BCUT2D eigenvalue weighted by Crippen LogP contribution is -2.38. The normalized spacial score (nSPS) is 19.5. The maximum absolute atomic E-state index is 13.0. The molecule has 0 spiro atoms. The Morgan fingerprint density at radius 3 is 2.65 bits per heavy atom. The largest absolute Gasteiger partial charge is 0.423 e. The number of aryl methyl sites for hydroxylation is 1. The number of carbonyl (C=O) groups excluding carboxylic acids is 1. The third kappa shape index (κ3) is 4.65. The summed E-state index contributed by atoms with van der Waals surface area (Å²) in [6, 6.07) is 7.31. The first kappa shape index (κ1) is 21.5. The van der Waals surface area contributed by atoms with Crippen molar-refractivity contribution < 1.29 is 24.2 Å². The summed E-state index contributed by atoms with van der Waals surface area (Å²) < 4.78 is 11.6. The zero-order valence-corrected chi connectivity index (χ0v) is 17.8. The molecule has 2 aromatic rings. The number of rotatable bonds is 6. The second-order valence-corrected chi connectivity index (χ2v) is 8.35. The van der Waals surface area contributed by atoms with Crippen LogP contribution in [-0.2, 0) is 21.0 Å². The molecule has 1 aromatic carbocycles. The number of hydrogen-bond acceptors (Lipinski definition) is 7. The second-order valence-electron chi connectivity index (χ2n) is 7.92. The fraction of sp³-hybridized carbons (Fsp3) is 0.455. The molecule has 1 aromatic heterocycles. The molecule has 1 saturated carbocycles. The highest BCUT2D eigenvalue weighted by molar-refractivity contribution is 6.30. The van der Waals surface area contributed by atoms with Gasteiger partial charge >= 0.3 is 5.97 Å². The van der Waals surface area contributed by atoms with Crippen LogP contribution in [-0.4, -0.2) is 22.1 Å². The van der Waals surface area contributed by atoms with E-state index in [2.05, 4.69) is 4.98 Å². The van der Waals surface area contributed by atoms with E-state index in [0.717, 1.165) is 30.4 Å². The Kier molecular flexibility index (Phi) is 6.38. The van der Waals surface area contributed by atoms with Crippen molar-refractivity contribution in [3.8, 4) is 5.75 Å². The maximum atomic E-state index is 13.0. The molecule has 1 unspecified atom stereocenters. The Morgan fingerprint density at radius 1 is 1.26 bits per heavy atom. The van der Waals surface area contributed by atoms with Crippen LogP contribution in [0.4, 0.5) is 0 Å². The van der Waals surface area contributed by atoms with Crippen LogP contribution in [0.25, 0.3) is 0 Å². The highest BCUT2D eigenvalue weighted by Gasteiger charge is 2.36. The van der Waals surface area contributed by atoms with E-state index in [1.54, 1.807) is 25.3 Å². The molecule has 1 aliphatic heterocycles. The number of esters is 1. The van der Waals surface area contributed by atoms with Crippen molar-refractivity contribution in [2.75, 3.05) is 0 Å². The average molecular weight is 447 g/mol. The summed E-state index contributed by atoms with van der Waals surface area (Å²) in [5.41, 5.74) is 2.92. The number of carbonyl (C=O) groups is 1. The molecule has 2 atom stereocenters. The molecule has 0 bridgehead atoms. The maximum Gasteiger partial charge on any atom is 0.341 e. The number of benzene rings is 1. The number of hydrogen-bond donors (Lipinski definition) is 0. The zero-order valence-electron chi connectivity index (χ0n) is 17.1. The summed E-state index contributed by atoms with van der Waals surface area (Å²) in [4.78, 5) is 33.1. The Balaban J connectivity index is 1.60. The molecular weight excluding hydrogens is 424 g/mol. The van der Waals surface area contributed by atoms with E-state index >= 15 is 0 Å². The van der Waals surface area contributed by atoms with Gasteiger partial charge in [-0.2, -0.15) is 0 Å². The van der Waals surface area contributed by atoms with Gasteiger partial charge in [0.05, 0.1) is 12.3 Å². The van der Waals surface area contributed by atoms with E-state index in [-0.39, 0.29) is 24.4 Å². The van der Waals surface area contributed by atoms with Crippen LogP contribution in [0.15, 0.2) is 30.5 Å². The highest BCUT2D eigenvalue weighted by Crippen LogP contribution is 2.41. The number of fused-ring (bicyclic) bond motifs is 1. The fourth-order valence-electron chi connectivity index (χ4n) is 4.34. The first-order valence-corrected chi connectivity index (χ1v) is 10.7. The summed E-state index contributed by atoms with van der Waals surface area (Å²) in [6.07, 6.45) is 4.36. The van der Waals surface area contributed by atoms with Gasteiger partial charge in [-0.3, -0.25) is 9.82 Å². The summed E-state index contributed by atoms with van der Waals surface area (Å²) in [7, 11) is 0. The van der Waals surface area contributed by atoms with Gasteiger partial charge in [0.25, 0.3) is 5.09 Å². The fourth-order valence-corrected chi connectivity index (χ4v) is 4.47. The summed E-state index contributed by atoms with van der Waals surface area (Å²) in [5.74, 6) is -0.724. The summed E-state index contributed by atoms with van der Waals surface area (Å²) in [6.45, 7) is 1.96. The monoisotopic (exact) mass is 446 g/mol. The number of nitrogens with zero attached hydrogens (tertiary/aromatic N) is 2. The molecular formula is C22H23ClN2O6. The van der Waals surface area contributed by atoms with Gasteiger partial charge in [-0.1, -0.05) is 43.0 Å². The molecule has 4 rings (SSSR count). The minimum Gasteiger partial charge on any atom is -0.423 e. The van der Waals surface area contributed by atoms with Crippen molar-refractivity contribution in [2.24, 2.45) is 5.92 Å². The van der Waals surface area contributed by atoms with Crippen molar-refractivity contribution in [1.29, 1.82) is 0 Å². The molecule has 1 fully saturated rings. The van der Waals surface area contributed by atoms with Crippen molar-refractivity contribution >= 4 is 17.6 Å². The third-order valence-corrected chi connectivity index (χ3v) is 6.16. The molecule has 0 amide bonds. The minimum absolute atomic E-state index is 0.235. The molecule has 0 radical (unpaired) electrons. The standard InChI is InChI=1S/C22H23ClN2O6/c1-13-19(30-22(26)21(31-25(27)28)14-5-3-2-4-6-14)18-12-29-20(17(18)11-24-13)15-7-9-16(23)10-8-15/h7-11,14,20-21H,2-6,12H2,1H3/t20-,21?/m1/s1. The second kappa shape index (κ2) is 9.20. The van der Waals surface area contributed by atoms with Gasteiger partial charge in [0, 0.05) is 22.3 Å². The van der Waals surface area contributed by atoms with E-state index in [1.165, 1.54) is 0 Å². The third-order valence-electron chi connectivity index (χ3n) is 5.91. The van der Waals surface area contributed by atoms with Crippen molar-refractivity contribution in [3.63, 3.8) is 0 Å². The van der Waals surface area contributed by atoms with Gasteiger partial charge in [0.1, 0.15) is 6.10 Å². The number of ether oxygens (including phenoxy) is 2. The van der Waals surface area contributed by atoms with Gasteiger partial charge < -0.3 is 9.47 Å². The van der Waals surface area contributed by atoms with Crippen molar-refractivity contribution in [1.82, 2.24) is 4.98 Å². The Hall–Kier alpha value is -2.71. The SMILES string of the molecule is Cc1ncc2c(c1OC(=O)C(O[N+](=O)[O-])C1CCCCC1)CO[C@@H]2c1ccc(Cl)cc1. The molecule has 0 saturated heterocycles. The van der Waals surface area contributed by atoms with Crippen LogP contribution in [0.2, 0.25) is 5.02 Å². The van der Waals surface area contributed by atoms with Crippen molar-refractivity contribution in [3.05, 3.63) is 68.0 Å². The van der Waals surface area contributed by atoms with Gasteiger partial charge in [0.15, 0.2) is 5.75 Å². The van der Waals surface area contributed by atoms with E-state index < -0.39 is 17.2 Å². The predicted octanol–water partition coefficient (Wildman–Crippen LogP) is 4.73. The quantitative estimate of drug-likeness (QED) is 0.359. The number of halogens is 1. The lowest BCUT2D eigenvalue weighted by molar-refractivity contribution is -0.766. The van der Waals surface area contributed by atoms with E-state index in [1.807, 2.05) is 12.1 Å². The Labute approximate surface area is 184 Å². The molecule has 31 heavy (non-hydrogen) atoms. The van der Waals surface area contributed by atoms with E-state index in [9.17, 15) is 14.9 Å². The molecule has 9 heteroatoms. The zero-order chi connectivity index (χ0) is 22.0. The number of aromatic nitrogens is 1. The van der Waals surface area contributed by atoms with Crippen LogP contribution in [0.1, 0.15) is 60.6 Å². The topological polar surface area (TPSA) is 101 Å². The average Bonchev–Trinajstić information content (AvgIpc) is 3.19. The van der Waals surface area contributed by atoms with Crippen LogP contribution in [0, 0.1) is 23.0 Å².